The van der Waals surface area contributed by atoms with Gasteiger partial charge in [0.15, 0.2) is 5.13 Å². The third-order valence-electron chi connectivity index (χ3n) is 5.46. The normalized spacial score (nSPS) is 16.2. The molecule has 3 aromatic heterocycles. The Balaban J connectivity index is 1.37. The van der Waals surface area contributed by atoms with Crippen molar-refractivity contribution >= 4 is 39.2 Å². The van der Waals surface area contributed by atoms with Gasteiger partial charge in [-0.2, -0.15) is 0 Å². The van der Waals surface area contributed by atoms with Crippen molar-refractivity contribution in [3.05, 3.63) is 59.3 Å². The van der Waals surface area contributed by atoms with Crippen LogP contribution < -0.4 is 5.32 Å². The number of anilines is 2. The fourth-order valence-electron chi connectivity index (χ4n) is 4.09. The van der Waals surface area contributed by atoms with Crippen molar-refractivity contribution < 1.29 is 4.79 Å². The third-order valence-corrected chi connectivity index (χ3v) is 6.29. The van der Waals surface area contributed by atoms with Crippen molar-refractivity contribution in [1.29, 1.82) is 0 Å². The van der Waals surface area contributed by atoms with Crippen molar-refractivity contribution in [2.45, 2.75) is 39.3 Å². The molecular formula is C22H23N7OS. The number of carbonyl (C=O) groups excluding carboxylic acids is 1. The Morgan fingerprint density at radius 1 is 1.23 bits per heavy atom. The van der Waals surface area contributed by atoms with Crippen LogP contribution in [0.25, 0.3) is 11.0 Å². The summed E-state index contributed by atoms with van der Waals surface area (Å²) in [5.74, 6) is 1.46. The Morgan fingerprint density at radius 2 is 2.10 bits per heavy atom. The molecule has 0 saturated carbocycles. The summed E-state index contributed by atoms with van der Waals surface area (Å²) >= 11 is 1.58. The molecule has 4 aromatic rings. The number of benzene rings is 1. The number of fused-ring (bicyclic) bond motifs is 1. The van der Waals surface area contributed by atoms with Crippen molar-refractivity contribution in [2.75, 3.05) is 11.9 Å². The number of aryl methyl sites for hydroxylation is 2. The lowest BCUT2D eigenvalue weighted by Gasteiger charge is -2.25. The summed E-state index contributed by atoms with van der Waals surface area (Å²) in [6.45, 7) is 4.89. The molecule has 158 valence electrons. The van der Waals surface area contributed by atoms with Crippen molar-refractivity contribution in [3.8, 4) is 0 Å². The number of para-hydroxylation sites is 2. The molecule has 0 spiro atoms. The Hall–Kier alpha value is -3.33. The topological polar surface area (TPSA) is 88.8 Å². The fraction of sp³-hybridized carbons (Fsp3) is 0.318. The Bertz CT molecular complexity index is 1250. The maximum atomic E-state index is 13.2. The standard InChI is InChI=1S/C22H23N7OS/c1-14-11-23-22(31-14)27-20-10-17(25-15(2)26-20)19-8-5-9-29(19)21(30)12-28-13-24-16-6-3-4-7-18(16)28/h3-4,6-7,10-11,13,19H,5,8-9,12H2,1-2H3,(H,23,25,26,27)/t19-/m0/s1. The molecule has 4 heterocycles. The molecule has 1 fully saturated rings. The van der Waals surface area contributed by atoms with Gasteiger partial charge in [-0.25, -0.2) is 19.9 Å². The molecule has 31 heavy (non-hydrogen) atoms. The van der Waals surface area contributed by atoms with Gasteiger partial charge < -0.3 is 14.8 Å². The second-order valence-electron chi connectivity index (χ2n) is 7.73. The number of imidazole rings is 1. The van der Waals surface area contributed by atoms with E-state index in [1.165, 1.54) is 0 Å². The average Bonchev–Trinajstić information content (AvgIpc) is 3.48. The lowest BCUT2D eigenvalue weighted by molar-refractivity contribution is -0.132. The number of thiazole rings is 1. The van der Waals surface area contributed by atoms with Crippen LogP contribution in [0.15, 0.2) is 42.9 Å². The van der Waals surface area contributed by atoms with Crippen LogP contribution in [0.2, 0.25) is 0 Å². The number of likely N-dealkylation sites (tertiary alicyclic amines) is 1. The number of nitrogens with zero attached hydrogens (tertiary/aromatic N) is 6. The summed E-state index contributed by atoms with van der Waals surface area (Å²) in [5, 5.41) is 4.07. The van der Waals surface area contributed by atoms with Crippen LogP contribution >= 0.6 is 11.3 Å². The second kappa shape index (κ2) is 8.07. The molecule has 0 bridgehead atoms. The smallest absolute Gasteiger partial charge is 0.243 e. The van der Waals surface area contributed by atoms with E-state index in [0.29, 0.717) is 11.6 Å². The van der Waals surface area contributed by atoms with Gasteiger partial charge in [-0.1, -0.05) is 12.1 Å². The zero-order valence-electron chi connectivity index (χ0n) is 17.4. The first-order chi connectivity index (χ1) is 15.1. The highest BCUT2D eigenvalue weighted by molar-refractivity contribution is 7.15. The molecule has 8 nitrogen and oxygen atoms in total. The first kappa shape index (κ1) is 19.6. The number of carbonyl (C=O) groups is 1. The van der Waals surface area contributed by atoms with Crippen LogP contribution in [0.1, 0.15) is 35.3 Å². The maximum absolute atomic E-state index is 13.2. The molecule has 1 saturated heterocycles. The van der Waals surface area contributed by atoms with Gasteiger partial charge in [-0.15, -0.1) is 11.3 Å². The molecule has 1 aliphatic rings. The number of amides is 1. The first-order valence-corrected chi connectivity index (χ1v) is 11.1. The van der Waals surface area contributed by atoms with E-state index in [2.05, 4.69) is 25.3 Å². The second-order valence-corrected chi connectivity index (χ2v) is 8.97. The highest BCUT2D eigenvalue weighted by Crippen LogP contribution is 2.33. The third kappa shape index (κ3) is 4.00. The number of aromatic nitrogens is 5. The van der Waals surface area contributed by atoms with Crippen LogP contribution in [0.3, 0.4) is 0 Å². The molecule has 0 aliphatic carbocycles. The summed E-state index contributed by atoms with van der Waals surface area (Å²) in [7, 11) is 0. The monoisotopic (exact) mass is 433 g/mol. The van der Waals surface area contributed by atoms with Crippen molar-refractivity contribution in [1.82, 2.24) is 29.4 Å². The van der Waals surface area contributed by atoms with Crippen LogP contribution in [0, 0.1) is 13.8 Å². The Morgan fingerprint density at radius 3 is 2.94 bits per heavy atom. The minimum Gasteiger partial charge on any atom is -0.333 e. The van der Waals surface area contributed by atoms with E-state index in [1.54, 1.807) is 17.7 Å². The summed E-state index contributed by atoms with van der Waals surface area (Å²) < 4.78 is 1.91. The molecule has 0 radical (unpaired) electrons. The molecular weight excluding hydrogens is 410 g/mol. The lowest BCUT2D eigenvalue weighted by Crippen LogP contribution is -2.33. The van der Waals surface area contributed by atoms with Crippen molar-refractivity contribution in [2.24, 2.45) is 0 Å². The first-order valence-electron chi connectivity index (χ1n) is 10.3. The molecule has 1 amide bonds. The minimum absolute atomic E-state index is 0.0532. The average molecular weight is 434 g/mol. The molecule has 1 N–H and O–H groups in total. The van der Waals surface area contributed by atoms with Gasteiger partial charge in [0.2, 0.25) is 5.91 Å². The predicted molar refractivity (Wildman–Crippen MR) is 120 cm³/mol. The largest absolute Gasteiger partial charge is 0.333 e. The Kier molecular flexibility index (Phi) is 5.11. The quantitative estimate of drug-likeness (QED) is 0.512. The van der Waals surface area contributed by atoms with Gasteiger partial charge in [-0.3, -0.25) is 4.79 Å². The molecule has 1 aromatic carbocycles. The Labute approximate surface area is 184 Å². The van der Waals surface area contributed by atoms with Crippen LogP contribution in [0.4, 0.5) is 10.9 Å². The maximum Gasteiger partial charge on any atom is 0.243 e. The van der Waals surface area contributed by atoms with Crippen LogP contribution in [-0.2, 0) is 11.3 Å². The number of nitrogens with one attached hydrogen (secondary N) is 1. The van der Waals surface area contributed by atoms with Crippen LogP contribution in [-0.4, -0.2) is 41.9 Å². The molecule has 9 heteroatoms. The lowest BCUT2D eigenvalue weighted by atomic mass is 10.1. The van der Waals surface area contributed by atoms with E-state index in [0.717, 1.165) is 46.1 Å². The van der Waals surface area contributed by atoms with Gasteiger partial charge in [0, 0.05) is 23.7 Å². The minimum atomic E-state index is -0.0532. The summed E-state index contributed by atoms with van der Waals surface area (Å²) in [5.41, 5.74) is 2.73. The summed E-state index contributed by atoms with van der Waals surface area (Å²) in [6.07, 6.45) is 5.42. The number of hydrogen-bond donors (Lipinski definition) is 1. The van der Waals surface area contributed by atoms with Crippen molar-refractivity contribution in [3.63, 3.8) is 0 Å². The summed E-state index contributed by atoms with van der Waals surface area (Å²) in [4.78, 5) is 34.2. The van der Waals surface area contributed by atoms with E-state index < -0.39 is 0 Å². The highest BCUT2D eigenvalue weighted by atomic mass is 32.1. The SMILES string of the molecule is Cc1nc(Nc2ncc(C)s2)cc([C@@H]2CCCN2C(=O)Cn2cnc3ccccc32)n1. The van der Waals surface area contributed by atoms with Gasteiger partial charge in [0.05, 0.1) is 29.1 Å². The van der Waals surface area contributed by atoms with Gasteiger partial charge >= 0.3 is 0 Å². The predicted octanol–water partition coefficient (Wildman–Crippen LogP) is 4.01. The van der Waals surface area contributed by atoms with Crippen LogP contribution in [0.5, 0.6) is 0 Å². The van der Waals surface area contributed by atoms with E-state index in [-0.39, 0.29) is 18.5 Å². The van der Waals surface area contributed by atoms with Gasteiger partial charge in [-0.05, 0) is 38.8 Å². The molecule has 0 unspecified atom stereocenters. The van der Waals surface area contributed by atoms with E-state index in [9.17, 15) is 4.79 Å². The zero-order chi connectivity index (χ0) is 21.4. The molecule has 1 atom stereocenters. The zero-order valence-corrected chi connectivity index (χ0v) is 18.3. The molecule has 5 rings (SSSR count). The molecule has 1 aliphatic heterocycles. The van der Waals surface area contributed by atoms with E-state index in [1.807, 2.05) is 59.8 Å². The summed E-state index contributed by atoms with van der Waals surface area (Å²) in [6, 6.07) is 9.75. The van der Waals surface area contributed by atoms with E-state index in [4.69, 9.17) is 0 Å². The van der Waals surface area contributed by atoms with Gasteiger partial charge in [0.1, 0.15) is 18.2 Å². The van der Waals surface area contributed by atoms with Gasteiger partial charge in [0.25, 0.3) is 0 Å². The number of rotatable bonds is 5. The van der Waals surface area contributed by atoms with E-state index >= 15 is 0 Å². The highest BCUT2D eigenvalue weighted by Gasteiger charge is 2.31. The number of hydrogen-bond acceptors (Lipinski definition) is 7. The fourth-order valence-corrected chi connectivity index (χ4v) is 4.76.